The molecule has 0 saturated carbocycles. The lowest BCUT2D eigenvalue weighted by Crippen LogP contribution is -2.42. The molecule has 1 aromatic rings. The van der Waals surface area contributed by atoms with E-state index in [1.807, 2.05) is 0 Å². The Bertz CT molecular complexity index is 689. The van der Waals surface area contributed by atoms with E-state index in [9.17, 15) is 14.4 Å². The third kappa shape index (κ3) is 5.12. The zero-order chi connectivity index (χ0) is 20.0. The normalized spacial score (nSPS) is 14.4. The second-order valence-electron chi connectivity index (χ2n) is 5.95. The van der Waals surface area contributed by atoms with Gasteiger partial charge in [-0.15, -0.1) is 0 Å². The molecule has 0 atom stereocenters. The van der Waals surface area contributed by atoms with E-state index in [0.717, 1.165) is 0 Å². The van der Waals surface area contributed by atoms with E-state index in [4.69, 9.17) is 18.9 Å². The van der Waals surface area contributed by atoms with Gasteiger partial charge in [0.1, 0.15) is 16.0 Å². The van der Waals surface area contributed by atoms with Gasteiger partial charge in [0.2, 0.25) is 0 Å². The van der Waals surface area contributed by atoms with Crippen LogP contribution in [0.4, 0.5) is 0 Å². The fraction of sp³-hybridized carbons (Fsp3) is 0.500. The Morgan fingerprint density at radius 1 is 1.07 bits per heavy atom. The molecule has 1 aliphatic rings. The topological polar surface area (TPSA) is 91.4 Å². The number of carbonyl (C=O) groups excluding carboxylic acids is 3. The van der Waals surface area contributed by atoms with Gasteiger partial charge in [-0.3, -0.25) is 9.59 Å². The molecule has 1 aromatic carbocycles. The van der Waals surface area contributed by atoms with Crippen LogP contribution in [0.3, 0.4) is 0 Å². The molecule has 148 valence electrons. The maximum absolute atomic E-state index is 12.3. The Morgan fingerprint density at radius 2 is 1.63 bits per heavy atom. The molecule has 2 rings (SSSR count). The van der Waals surface area contributed by atoms with Crippen LogP contribution in [0.5, 0.6) is 11.5 Å². The predicted octanol–water partition coefficient (Wildman–Crippen LogP) is 2.03. The Hall–Kier alpha value is -2.29. The Labute approximate surface area is 165 Å². The molecule has 8 nitrogen and oxygen atoms in total. The lowest BCUT2D eigenvalue weighted by atomic mass is 9.97. The van der Waals surface area contributed by atoms with Crippen molar-refractivity contribution in [3.8, 4) is 11.5 Å². The van der Waals surface area contributed by atoms with Crippen LogP contribution in [0.1, 0.15) is 23.2 Å². The number of methoxy groups -OCH3 is 3. The number of amides is 1. The molecule has 0 spiro atoms. The minimum atomic E-state index is -0.656. The van der Waals surface area contributed by atoms with E-state index < -0.39 is 5.97 Å². The monoisotopic (exact) mass is 443 g/mol. The maximum atomic E-state index is 12.3. The van der Waals surface area contributed by atoms with Gasteiger partial charge in [-0.25, -0.2) is 4.79 Å². The van der Waals surface area contributed by atoms with E-state index in [-0.39, 0.29) is 30.0 Å². The van der Waals surface area contributed by atoms with Crippen LogP contribution in [-0.4, -0.2) is 63.8 Å². The summed E-state index contributed by atoms with van der Waals surface area (Å²) < 4.78 is 20.8. The minimum absolute atomic E-state index is 0.190. The smallest absolute Gasteiger partial charge is 0.338 e. The summed E-state index contributed by atoms with van der Waals surface area (Å²) in [5.41, 5.74) is 0.212. The van der Waals surface area contributed by atoms with Crippen LogP contribution in [0.2, 0.25) is 0 Å². The van der Waals surface area contributed by atoms with Gasteiger partial charge in [-0.05, 0) is 40.9 Å². The molecule has 0 aliphatic carbocycles. The number of piperidine rings is 1. The molecule has 1 heterocycles. The van der Waals surface area contributed by atoms with Crippen LogP contribution < -0.4 is 9.47 Å². The third-order valence-corrected chi connectivity index (χ3v) is 5.17. The maximum Gasteiger partial charge on any atom is 0.338 e. The number of likely N-dealkylation sites (tertiary alicyclic amines) is 1. The molecule has 0 bridgehead atoms. The Morgan fingerprint density at radius 3 is 2.11 bits per heavy atom. The summed E-state index contributed by atoms with van der Waals surface area (Å²) >= 11 is 3.32. The van der Waals surface area contributed by atoms with Crippen LogP contribution >= 0.6 is 15.9 Å². The van der Waals surface area contributed by atoms with Crippen LogP contribution in [0, 0.1) is 5.92 Å². The quantitative estimate of drug-likeness (QED) is 0.621. The van der Waals surface area contributed by atoms with Crippen molar-refractivity contribution in [2.45, 2.75) is 12.8 Å². The zero-order valence-corrected chi connectivity index (χ0v) is 17.0. The molecule has 1 saturated heterocycles. The number of nitrogens with zero attached hydrogens (tertiary/aromatic N) is 1. The number of esters is 2. The Kier molecular flexibility index (Phi) is 7.46. The fourth-order valence-electron chi connectivity index (χ4n) is 2.82. The summed E-state index contributed by atoms with van der Waals surface area (Å²) in [6, 6.07) is 3.00. The first-order valence-corrected chi connectivity index (χ1v) is 9.14. The number of ether oxygens (including phenoxy) is 4. The number of hydrogen-bond acceptors (Lipinski definition) is 7. The predicted molar refractivity (Wildman–Crippen MR) is 98.8 cm³/mol. The second kappa shape index (κ2) is 9.59. The highest BCUT2D eigenvalue weighted by molar-refractivity contribution is 9.10. The summed E-state index contributed by atoms with van der Waals surface area (Å²) in [5.74, 6) is -0.578. The van der Waals surface area contributed by atoms with Crippen molar-refractivity contribution in [1.29, 1.82) is 0 Å². The molecule has 0 aromatic heterocycles. The average Bonchev–Trinajstić information content (AvgIpc) is 2.71. The van der Waals surface area contributed by atoms with Gasteiger partial charge >= 0.3 is 11.9 Å². The minimum Gasteiger partial charge on any atom is -0.495 e. The molecule has 1 aliphatic heterocycles. The van der Waals surface area contributed by atoms with Crippen LogP contribution in [0.25, 0.3) is 0 Å². The molecular formula is C18H22BrNO7. The second-order valence-corrected chi connectivity index (χ2v) is 6.74. The first-order valence-electron chi connectivity index (χ1n) is 8.35. The molecule has 0 unspecified atom stereocenters. The number of benzene rings is 1. The van der Waals surface area contributed by atoms with E-state index in [2.05, 4.69) is 15.9 Å². The van der Waals surface area contributed by atoms with Crippen LogP contribution in [0.15, 0.2) is 16.6 Å². The third-order valence-electron chi connectivity index (χ3n) is 4.39. The molecule has 27 heavy (non-hydrogen) atoms. The van der Waals surface area contributed by atoms with E-state index in [0.29, 0.717) is 41.9 Å². The van der Waals surface area contributed by atoms with Gasteiger partial charge in [0.05, 0.1) is 32.8 Å². The highest BCUT2D eigenvalue weighted by Crippen LogP contribution is 2.35. The molecule has 1 fully saturated rings. The van der Waals surface area contributed by atoms with Crippen molar-refractivity contribution in [3.63, 3.8) is 0 Å². The highest BCUT2D eigenvalue weighted by atomic mass is 79.9. The molecule has 0 N–H and O–H groups in total. The summed E-state index contributed by atoms with van der Waals surface area (Å²) in [4.78, 5) is 37.6. The van der Waals surface area contributed by atoms with Gasteiger partial charge in [-0.1, -0.05) is 0 Å². The van der Waals surface area contributed by atoms with Crippen molar-refractivity contribution in [3.05, 3.63) is 22.2 Å². The van der Waals surface area contributed by atoms with Crippen molar-refractivity contribution in [2.75, 3.05) is 41.0 Å². The lowest BCUT2D eigenvalue weighted by molar-refractivity contribution is -0.149. The number of rotatable bonds is 6. The molecule has 9 heteroatoms. The highest BCUT2D eigenvalue weighted by Gasteiger charge is 2.28. The van der Waals surface area contributed by atoms with E-state index in [1.165, 1.54) is 33.5 Å². The van der Waals surface area contributed by atoms with Crippen LogP contribution in [-0.2, 0) is 19.1 Å². The van der Waals surface area contributed by atoms with Gasteiger partial charge in [0, 0.05) is 13.1 Å². The summed E-state index contributed by atoms with van der Waals surface area (Å²) in [5, 5.41) is 0. The molecular weight excluding hydrogens is 422 g/mol. The van der Waals surface area contributed by atoms with Gasteiger partial charge < -0.3 is 23.8 Å². The number of carbonyl (C=O) groups is 3. The average molecular weight is 444 g/mol. The molecule has 1 amide bonds. The van der Waals surface area contributed by atoms with Gasteiger partial charge in [-0.2, -0.15) is 0 Å². The zero-order valence-electron chi connectivity index (χ0n) is 15.5. The van der Waals surface area contributed by atoms with Gasteiger partial charge in [0.15, 0.2) is 6.61 Å². The SMILES string of the molecule is COC(=O)C1CCN(C(=O)COC(=O)c2cc(OC)c(Br)c(OC)c2)CC1. The number of halogens is 1. The van der Waals surface area contributed by atoms with E-state index in [1.54, 1.807) is 4.90 Å². The first-order chi connectivity index (χ1) is 12.9. The number of hydrogen-bond donors (Lipinski definition) is 0. The van der Waals surface area contributed by atoms with Crippen molar-refractivity contribution in [1.82, 2.24) is 4.90 Å². The van der Waals surface area contributed by atoms with Crippen molar-refractivity contribution in [2.24, 2.45) is 5.92 Å². The largest absolute Gasteiger partial charge is 0.495 e. The van der Waals surface area contributed by atoms with Gasteiger partial charge in [0.25, 0.3) is 5.91 Å². The van der Waals surface area contributed by atoms with Crippen molar-refractivity contribution >= 4 is 33.8 Å². The lowest BCUT2D eigenvalue weighted by Gasteiger charge is -2.30. The standard InChI is InChI=1S/C18H22BrNO7/c1-24-13-8-12(9-14(25-2)16(13)19)18(23)27-10-15(21)20-6-4-11(5-7-20)17(22)26-3/h8-9,11H,4-7,10H2,1-3H3. The summed E-state index contributed by atoms with van der Waals surface area (Å²) in [7, 11) is 4.29. The van der Waals surface area contributed by atoms with E-state index >= 15 is 0 Å². The Balaban J connectivity index is 1.92. The molecule has 0 radical (unpaired) electrons. The summed E-state index contributed by atoms with van der Waals surface area (Å²) in [6.45, 7) is 0.481. The van der Waals surface area contributed by atoms with Crippen molar-refractivity contribution < 1.29 is 33.3 Å². The fourth-order valence-corrected chi connectivity index (χ4v) is 3.37. The first kappa shape index (κ1) is 21.0. The summed E-state index contributed by atoms with van der Waals surface area (Å²) in [6.07, 6.45) is 1.07.